The topological polar surface area (TPSA) is 578 Å². The number of nitrogens with zero attached hydrogens (tertiary/aromatic N) is 5. The van der Waals surface area contributed by atoms with Gasteiger partial charge in [-0.05, 0) is 96.3 Å². The molecule has 9 rings (SSSR count). The van der Waals surface area contributed by atoms with Crippen molar-refractivity contribution in [3.8, 4) is 5.75 Å². The molecule has 6 aromatic rings. The first-order valence-electron chi connectivity index (χ1n) is 44.2. The van der Waals surface area contributed by atoms with E-state index in [4.69, 9.17) is 21.9 Å². The number of rotatable bonds is 25. The third-order valence-electron chi connectivity index (χ3n) is 23.6. The third kappa shape index (κ3) is 29.5. The molecule has 3 aliphatic heterocycles. The van der Waals surface area contributed by atoms with Crippen molar-refractivity contribution in [2.75, 3.05) is 72.0 Å². The molecule has 19 N–H and O–H groups in total. The fourth-order valence-electron chi connectivity index (χ4n) is 16.2. The van der Waals surface area contributed by atoms with Gasteiger partial charge < -0.3 is 115 Å². The molecule has 0 bridgehead atoms. The van der Waals surface area contributed by atoms with Gasteiger partial charge in [0.25, 0.3) is 0 Å². The number of thioether (sulfide) groups is 1. The van der Waals surface area contributed by atoms with E-state index in [1.807, 2.05) is 0 Å². The van der Waals surface area contributed by atoms with E-state index in [0.717, 1.165) is 31.5 Å². The Kier molecular flexibility index (Phi) is 38.9. The number of aromatic amines is 1. The second kappa shape index (κ2) is 50.0. The maximum absolute atomic E-state index is 15.7. The number of H-pyrrole nitrogens is 1. The molecule has 4 heterocycles. The van der Waals surface area contributed by atoms with E-state index in [-0.39, 0.29) is 76.0 Å². The number of primary amides is 2. The number of hydrogen-bond donors (Lipinski definition) is 16. The lowest BCUT2D eigenvalue weighted by Gasteiger charge is -2.38. The summed E-state index contributed by atoms with van der Waals surface area (Å²) >= 11 is 0.635. The molecule has 0 unspecified atom stereocenters. The maximum atomic E-state index is 15.7. The normalized spacial score (nSPS) is 24.0. The molecule has 0 radical (unpaired) electrons. The number of carboxylic acids is 1. The number of unbranched alkanes of at least 4 members (excludes halogenated alkanes) is 1. The van der Waals surface area contributed by atoms with Crippen LogP contribution in [0.1, 0.15) is 106 Å². The maximum Gasteiger partial charge on any atom is 0.303 e. The minimum Gasteiger partial charge on any atom is -0.508 e. The van der Waals surface area contributed by atoms with Crippen LogP contribution in [-0.2, 0) is 118 Å². The Balaban J connectivity index is 1.14. The number of carbonyl (C=O) groups excluding carboxylic acids is 16. The van der Waals surface area contributed by atoms with Crippen LogP contribution in [0.4, 0.5) is 13.2 Å². The van der Waals surface area contributed by atoms with Crippen LogP contribution in [0.25, 0.3) is 10.9 Å². The van der Waals surface area contributed by atoms with Crippen LogP contribution in [-0.4, -0.2) is 302 Å². The third-order valence-corrected chi connectivity index (χ3v) is 24.6. The molecule has 5 aromatic carbocycles. The Morgan fingerprint density at radius 1 is 0.548 bits per heavy atom. The molecule has 3 aliphatic rings. The van der Waals surface area contributed by atoms with Crippen LogP contribution in [0.15, 0.2) is 128 Å². The van der Waals surface area contributed by atoms with Gasteiger partial charge in [0.2, 0.25) is 94.5 Å². The number of halogens is 3. The molecule has 14 atom stereocenters. The van der Waals surface area contributed by atoms with Gasteiger partial charge in [-0.1, -0.05) is 125 Å². The standard InChI is InChI=1S/C92H117F3N18O21S/c1-7-8-25-69-91(132)113-46-57(115)42-71(113)86(127)106-66(43-74(97)116)84(125)108-79(50(2)3)92(133)110(5)70(39-51-18-11-9-12-19-51)85(126)103-63(30-31-77(119)120)89(130)112-33-34-134-47-73(112)87(128)105-65(41-55-44-99-61-23-16-15-22-58(55)61)83(124)104-64(37-53-26-28-56(114)29-27-53)82(123)102-62(24-17-32-96)81(122)107-68(80(121)100-45-75(98)117)48-135-49-76(118)101-67(38-54-35-59(93)78(95)60(94)36-54)88(129)111(6)72(90(131)109(69)4)40-52-20-13-10-14-21-52/h9-16,18-23,26-29,35-36,44,50,57,62-73,79,99,114-115H,7-8,17,24-25,30-34,37-43,45-49,96H2,1-6H3,(H2,97,116)(H2,98,117)(H,100,121)(H,101,118)(H,102,123)(H,103,126)(H,104,124)(H,105,128)(H,106,127)(H,107,122)(H,108,125)(H,119,120)/t57-,62+,63+,64+,65+,66+,67+,68+,69+,70+,71-,72+,73-,79+/m1/s1. The second-order valence-electron chi connectivity index (χ2n) is 33.9. The monoisotopic (exact) mass is 1900 g/mol. The predicted octanol–water partition coefficient (Wildman–Crippen LogP) is -0.974. The van der Waals surface area contributed by atoms with Crippen molar-refractivity contribution in [2.45, 2.75) is 195 Å². The fraction of sp³-hybridized carbons (Fsp3) is 0.467. The molecule has 728 valence electrons. The summed E-state index contributed by atoms with van der Waals surface area (Å²) < 4.78 is 50.9. The number of aliphatic hydroxyl groups excluding tert-OH is 1. The number of hydrogen-bond acceptors (Lipinski definition) is 22. The van der Waals surface area contributed by atoms with Gasteiger partial charge in [0.05, 0.1) is 38.0 Å². The zero-order valence-corrected chi connectivity index (χ0v) is 76.4. The fourth-order valence-corrected chi connectivity index (χ4v) is 17.0. The average molecular weight is 1900 g/mol. The zero-order valence-electron chi connectivity index (χ0n) is 75.5. The van der Waals surface area contributed by atoms with Crippen molar-refractivity contribution in [2.24, 2.45) is 23.1 Å². The molecular formula is C92H117F3N18O21S. The van der Waals surface area contributed by atoms with E-state index in [0.29, 0.717) is 63.5 Å². The first-order valence-corrected chi connectivity index (χ1v) is 45.4. The van der Waals surface area contributed by atoms with E-state index >= 15 is 51.9 Å². The first-order chi connectivity index (χ1) is 64.2. The van der Waals surface area contributed by atoms with E-state index in [1.165, 1.54) is 52.2 Å². The number of nitrogens with one attached hydrogen (secondary N) is 10. The Bertz CT molecular complexity index is 5240. The van der Waals surface area contributed by atoms with Gasteiger partial charge in [-0.2, -0.15) is 0 Å². The molecule has 135 heavy (non-hydrogen) atoms. The van der Waals surface area contributed by atoms with Crippen molar-refractivity contribution in [1.29, 1.82) is 0 Å². The summed E-state index contributed by atoms with van der Waals surface area (Å²) in [6.45, 7) is 2.17. The number of nitrogens with two attached hydrogens (primary N) is 3. The van der Waals surface area contributed by atoms with Crippen molar-refractivity contribution in [1.82, 2.24) is 77.3 Å². The number of likely N-dealkylation sites (N-methyl/N-ethyl adjacent to an activating group) is 3. The Morgan fingerprint density at radius 2 is 1.10 bits per heavy atom. The highest BCUT2D eigenvalue weighted by Crippen LogP contribution is 2.28. The van der Waals surface area contributed by atoms with Gasteiger partial charge in [-0.25, -0.2) is 13.2 Å². The second-order valence-corrected chi connectivity index (χ2v) is 34.9. The van der Waals surface area contributed by atoms with Crippen molar-refractivity contribution in [3.63, 3.8) is 0 Å². The van der Waals surface area contributed by atoms with Gasteiger partial charge >= 0.3 is 5.97 Å². The number of aliphatic carboxylic acids is 1. The van der Waals surface area contributed by atoms with Crippen molar-refractivity contribution >= 4 is 123 Å². The number of carboxylic acid groups (broad SMARTS) is 1. The van der Waals surface area contributed by atoms with E-state index in [9.17, 15) is 58.1 Å². The highest BCUT2D eigenvalue weighted by atomic mass is 32.2. The number of carbonyl (C=O) groups is 17. The lowest BCUT2D eigenvalue weighted by molar-refractivity contribution is -0.152. The van der Waals surface area contributed by atoms with Crippen LogP contribution < -0.4 is 65.1 Å². The van der Waals surface area contributed by atoms with Gasteiger partial charge in [-0.3, -0.25) is 81.5 Å². The Hall–Kier alpha value is -13.6. The minimum absolute atomic E-state index is 0.00296. The molecule has 16 amide bonds. The van der Waals surface area contributed by atoms with Gasteiger partial charge in [0.15, 0.2) is 17.5 Å². The number of ether oxygens (including phenoxy) is 1. The Morgan fingerprint density at radius 3 is 1.73 bits per heavy atom. The highest BCUT2D eigenvalue weighted by Gasteiger charge is 2.48. The van der Waals surface area contributed by atoms with E-state index < -0.39 is 278 Å². The number of amides is 16. The largest absolute Gasteiger partial charge is 0.508 e. The number of fused-ring (bicyclic) bond motifs is 3. The van der Waals surface area contributed by atoms with Crippen molar-refractivity contribution < 1.29 is 115 Å². The SMILES string of the molecule is CCCC[C@H]1C(=O)N2C[C@H](O)C[C@@H]2C(=O)N[C@@H](CC(N)=O)C(=O)N[C@@H](C(C)C)C(=O)N(C)[C@@H](Cc2ccccc2)C(=O)N[C@@H](CCC(=O)O)C(=O)N2CCOC[C@@H]2C(=O)N[C@@H](Cc2c[nH]c3ccccc23)C(=O)N[C@@H](Cc2ccc(O)cc2)C(=O)N[C@@H](CCCN)C(=O)N[C@H](C(=O)NCC(N)=O)CSCC(=O)N[C@@H](Cc2cc(F)c(F)c(F)c2)C(=O)N(C)[C@@H](Cc2ccccc2)C(=O)N1C. The molecule has 0 saturated carbocycles. The lowest BCUT2D eigenvalue weighted by atomic mass is 9.98. The smallest absolute Gasteiger partial charge is 0.303 e. The summed E-state index contributed by atoms with van der Waals surface area (Å²) in [5.41, 5.74) is 19.0. The number of aliphatic hydroxyl groups is 1. The molecule has 3 fully saturated rings. The van der Waals surface area contributed by atoms with Crippen LogP contribution in [0, 0.1) is 23.4 Å². The van der Waals surface area contributed by atoms with E-state index in [1.54, 1.807) is 98.0 Å². The highest BCUT2D eigenvalue weighted by molar-refractivity contribution is 8.00. The lowest BCUT2D eigenvalue weighted by Crippen LogP contribution is -2.64. The first kappa shape index (κ1) is 105. The molecule has 1 aromatic heterocycles. The quantitative estimate of drug-likeness (QED) is 0.0307. The summed E-state index contributed by atoms with van der Waals surface area (Å²) in [7, 11) is 3.60. The molecule has 0 aliphatic carbocycles. The zero-order chi connectivity index (χ0) is 98.6. The summed E-state index contributed by atoms with van der Waals surface area (Å²) in [6.07, 6.45) is -4.69. The van der Waals surface area contributed by atoms with Gasteiger partial charge in [-0.15, -0.1) is 11.8 Å². The number of para-hydroxylation sites is 1. The molecule has 3 saturated heterocycles. The number of benzene rings is 5. The molecule has 0 spiro atoms. The molecule has 39 nitrogen and oxygen atoms in total. The Labute approximate surface area is 780 Å². The number of aromatic nitrogens is 1. The predicted molar refractivity (Wildman–Crippen MR) is 485 cm³/mol. The minimum atomic E-state index is -1.94. The number of phenols is 1. The molecule has 43 heteroatoms. The van der Waals surface area contributed by atoms with Crippen LogP contribution in [0.2, 0.25) is 0 Å². The average Bonchev–Trinajstić information content (AvgIpc) is 1.62. The number of aromatic hydroxyl groups is 1. The van der Waals surface area contributed by atoms with Crippen LogP contribution in [0.3, 0.4) is 0 Å². The van der Waals surface area contributed by atoms with Crippen molar-refractivity contribution in [3.05, 3.63) is 173 Å². The summed E-state index contributed by atoms with van der Waals surface area (Å²) in [5, 5.41) is 55.7. The number of phenolic OH excluding ortho intramolecular Hbond substituents is 1. The number of morpholine rings is 1. The van der Waals surface area contributed by atoms with Gasteiger partial charge in [0, 0.05) is 102 Å². The summed E-state index contributed by atoms with van der Waals surface area (Å²) in [4.78, 5) is 258. The molecular weight excluding hydrogens is 1780 g/mol. The summed E-state index contributed by atoms with van der Waals surface area (Å²) in [5.74, 6) is -26.1. The van der Waals surface area contributed by atoms with E-state index in [2.05, 4.69) is 52.8 Å². The summed E-state index contributed by atoms with van der Waals surface area (Å²) in [6, 6.07) is 7.36. The van der Waals surface area contributed by atoms with Crippen LogP contribution >= 0.6 is 11.8 Å². The van der Waals surface area contributed by atoms with Gasteiger partial charge in [0.1, 0.15) is 84.3 Å². The van der Waals surface area contributed by atoms with Crippen LogP contribution in [0.5, 0.6) is 5.75 Å².